The first-order valence-electron chi connectivity index (χ1n) is 9.29. The fraction of sp³-hybridized carbons (Fsp3) is 0.273. The molecule has 2 aromatic carbocycles. The molecule has 0 unspecified atom stereocenters. The molecule has 0 saturated heterocycles. The van der Waals surface area contributed by atoms with Gasteiger partial charge in [-0.05, 0) is 39.0 Å². The van der Waals surface area contributed by atoms with Crippen LogP contribution in [-0.2, 0) is 6.54 Å². The molecule has 0 radical (unpaired) electrons. The zero-order chi connectivity index (χ0) is 19.9. The van der Waals surface area contributed by atoms with Crippen LogP contribution in [0.2, 0.25) is 0 Å². The van der Waals surface area contributed by atoms with Gasteiger partial charge in [0.15, 0.2) is 0 Å². The number of para-hydroxylation sites is 3. The van der Waals surface area contributed by atoms with Gasteiger partial charge in [0.25, 0.3) is 0 Å². The van der Waals surface area contributed by atoms with Crippen molar-refractivity contribution >= 4 is 17.3 Å². The number of aryl methyl sites for hydroxylation is 1. The maximum absolute atomic E-state index is 5.87. The van der Waals surface area contributed by atoms with E-state index >= 15 is 0 Å². The van der Waals surface area contributed by atoms with E-state index in [1.165, 1.54) is 0 Å². The fourth-order valence-electron chi connectivity index (χ4n) is 2.82. The zero-order valence-corrected chi connectivity index (χ0v) is 16.7. The van der Waals surface area contributed by atoms with Crippen LogP contribution in [0, 0.1) is 6.92 Å². The predicted octanol–water partition coefficient (Wildman–Crippen LogP) is 4.94. The molecule has 0 aliphatic rings. The number of ether oxygens (including phenoxy) is 2. The van der Waals surface area contributed by atoms with Gasteiger partial charge in [0.05, 0.1) is 18.9 Å². The summed E-state index contributed by atoms with van der Waals surface area (Å²) >= 11 is 0. The van der Waals surface area contributed by atoms with Gasteiger partial charge < -0.3 is 20.1 Å². The third-order valence-corrected chi connectivity index (χ3v) is 4.00. The molecule has 28 heavy (non-hydrogen) atoms. The molecule has 0 saturated carbocycles. The summed E-state index contributed by atoms with van der Waals surface area (Å²) in [6, 6.07) is 17.6. The molecule has 2 N–H and O–H groups in total. The highest BCUT2D eigenvalue weighted by Crippen LogP contribution is 2.28. The molecule has 0 amide bonds. The first-order valence-corrected chi connectivity index (χ1v) is 9.29. The van der Waals surface area contributed by atoms with E-state index in [0.29, 0.717) is 18.2 Å². The van der Waals surface area contributed by atoms with E-state index in [0.717, 1.165) is 28.6 Å². The molecule has 0 aliphatic heterocycles. The van der Waals surface area contributed by atoms with Crippen molar-refractivity contribution in [1.29, 1.82) is 0 Å². The molecule has 1 heterocycles. The van der Waals surface area contributed by atoms with Crippen molar-refractivity contribution in [3.8, 4) is 11.5 Å². The van der Waals surface area contributed by atoms with E-state index in [-0.39, 0.29) is 6.10 Å². The second-order valence-corrected chi connectivity index (χ2v) is 6.64. The largest absolute Gasteiger partial charge is 0.496 e. The lowest BCUT2D eigenvalue weighted by Gasteiger charge is -2.16. The highest BCUT2D eigenvalue weighted by molar-refractivity contribution is 5.65. The van der Waals surface area contributed by atoms with Crippen LogP contribution in [-0.4, -0.2) is 23.2 Å². The van der Waals surface area contributed by atoms with Crippen LogP contribution in [0.4, 0.5) is 17.3 Å². The Hall–Kier alpha value is -3.28. The van der Waals surface area contributed by atoms with Gasteiger partial charge in [-0.1, -0.05) is 30.3 Å². The standard InChI is InChI=1S/C22H26N4O2/c1-15(2)28-20-12-8-6-10-18(20)26-22-13-21(24-16(3)25-22)23-14-17-9-5-7-11-19(17)27-4/h5-13,15H,14H2,1-4H3,(H2,23,24,25,26). The third-order valence-electron chi connectivity index (χ3n) is 4.00. The minimum absolute atomic E-state index is 0.0909. The maximum Gasteiger partial charge on any atom is 0.143 e. The zero-order valence-electron chi connectivity index (χ0n) is 16.7. The first-order chi connectivity index (χ1) is 13.5. The van der Waals surface area contributed by atoms with Crippen molar-refractivity contribution in [3.63, 3.8) is 0 Å². The Morgan fingerprint density at radius 1 is 0.929 bits per heavy atom. The van der Waals surface area contributed by atoms with Crippen LogP contribution in [0.3, 0.4) is 0 Å². The van der Waals surface area contributed by atoms with Gasteiger partial charge in [-0.25, -0.2) is 9.97 Å². The van der Waals surface area contributed by atoms with Crippen LogP contribution in [0.5, 0.6) is 11.5 Å². The molecule has 3 rings (SSSR count). The average molecular weight is 378 g/mol. The van der Waals surface area contributed by atoms with Crippen LogP contribution >= 0.6 is 0 Å². The van der Waals surface area contributed by atoms with Crippen molar-refractivity contribution in [3.05, 3.63) is 66.0 Å². The number of hydrogen-bond acceptors (Lipinski definition) is 6. The lowest BCUT2D eigenvalue weighted by Crippen LogP contribution is -2.08. The SMILES string of the molecule is COc1ccccc1CNc1cc(Nc2ccccc2OC(C)C)nc(C)n1. The predicted molar refractivity (Wildman–Crippen MR) is 113 cm³/mol. The number of rotatable bonds is 8. The first kappa shape index (κ1) is 19.5. The van der Waals surface area contributed by atoms with Crippen molar-refractivity contribution in [1.82, 2.24) is 9.97 Å². The van der Waals surface area contributed by atoms with E-state index in [4.69, 9.17) is 9.47 Å². The fourth-order valence-corrected chi connectivity index (χ4v) is 2.82. The maximum atomic E-state index is 5.87. The van der Waals surface area contributed by atoms with Gasteiger partial charge >= 0.3 is 0 Å². The normalized spacial score (nSPS) is 10.6. The number of hydrogen-bond donors (Lipinski definition) is 2. The van der Waals surface area contributed by atoms with Gasteiger partial charge in [-0.3, -0.25) is 0 Å². The van der Waals surface area contributed by atoms with Crippen molar-refractivity contribution in [2.75, 3.05) is 17.7 Å². The molecular formula is C22H26N4O2. The number of benzene rings is 2. The molecule has 1 aromatic heterocycles. The van der Waals surface area contributed by atoms with Crippen molar-refractivity contribution in [2.24, 2.45) is 0 Å². The average Bonchev–Trinajstić information content (AvgIpc) is 2.67. The van der Waals surface area contributed by atoms with Crippen LogP contribution in [0.25, 0.3) is 0 Å². The Balaban J connectivity index is 1.77. The second kappa shape index (κ2) is 9.08. The molecule has 0 atom stereocenters. The quantitative estimate of drug-likeness (QED) is 0.579. The third kappa shape index (κ3) is 5.13. The molecule has 0 fully saturated rings. The van der Waals surface area contributed by atoms with Gasteiger partial charge in [-0.2, -0.15) is 0 Å². The number of nitrogens with one attached hydrogen (secondary N) is 2. The number of methoxy groups -OCH3 is 1. The smallest absolute Gasteiger partial charge is 0.143 e. The summed E-state index contributed by atoms with van der Waals surface area (Å²) in [7, 11) is 1.67. The summed E-state index contributed by atoms with van der Waals surface area (Å²) in [5.41, 5.74) is 1.93. The Morgan fingerprint density at radius 2 is 1.61 bits per heavy atom. The molecular weight excluding hydrogens is 352 g/mol. The van der Waals surface area contributed by atoms with Crippen LogP contribution in [0.1, 0.15) is 25.2 Å². The highest BCUT2D eigenvalue weighted by atomic mass is 16.5. The van der Waals surface area contributed by atoms with E-state index in [1.54, 1.807) is 7.11 Å². The van der Waals surface area contributed by atoms with Gasteiger partial charge in [0.1, 0.15) is 29.0 Å². The summed E-state index contributed by atoms with van der Waals surface area (Å²) in [6.45, 7) is 6.49. The molecule has 0 spiro atoms. The summed E-state index contributed by atoms with van der Waals surface area (Å²) in [4.78, 5) is 8.98. The number of nitrogens with zero attached hydrogens (tertiary/aromatic N) is 2. The van der Waals surface area contributed by atoms with Crippen LogP contribution < -0.4 is 20.1 Å². The van der Waals surface area contributed by atoms with Gasteiger partial charge in [0, 0.05) is 18.2 Å². The number of aromatic nitrogens is 2. The Kier molecular flexibility index (Phi) is 6.32. The van der Waals surface area contributed by atoms with Crippen molar-refractivity contribution < 1.29 is 9.47 Å². The van der Waals surface area contributed by atoms with Crippen molar-refractivity contribution in [2.45, 2.75) is 33.4 Å². The summed E-state index contributed by atoms with van der Waals surface area (Å²) < 4.78 is 11.3. The Morgan fingerprint density at radius 3 is 2.36 bits per heavy atom. The lowest BCUT2D eigenvalue weighted by atomic mass is 10.2. The summed E-state index contributed by atoms with van der Waals surface area (Å²) in [5, 5.41) is 6.69. The molecule has 3 aromatic rings. The van der Waals surface area contributed by atoms with E-state index < -0.39 is 0 Å². The van der Waals surface area contributed by atoms with Gasteiger partial charge in [-0.15, -0.1) is 0 Å². The minimum atomic E-state index is 0.0909. The minimum Gasteiger partial charge on any atom is -0.496 e. The summed E-state index contributed by atoms with van der Waals surface area (Å²) in [5.74, 6) is 3.75. The second-order valence-electron chi connectivity index (χ2n) is 6.64. The molecule has 146 valence electrons. The van der Waals surface area contributed by atoms with Gasteiger partial charge in [0.2, 0.25) is 0 Å². The molecule has 0 bridgehead atoms. The molecule has 6 nitrogen and oxygen atoms in total. The Labute approximate surface area is 166 Å². The van der Waals surface area contributed by atoms with E-state index in [1.807, 2.05) is 75.4 Å². The van der Waals surface area contributed by atoms with E-state index in [9.17, 15) is 0 Å². The number of anilines is 3. The highest BCUT2D eigenvalue weighted by Gasteiger charge is 2.09. The monoisotopic (exact) mass is 378 g/mol. The summed E-state index contributed by atoms with van der Waals surface area (Å²) in [6.07, 6.45) is 0.0909. The molecule has 6 heteroatoms. The topological polar surface area (TPSA) is 68.3 Å². The lowest BCUT2D eigenvalue weighted by molar-refractivity contribution is 0.244. The van der Waals surface area contributed by atoms with Crippen LogP contribution in [0.15, 0.2) is 54.6 Å². The van der Waals surface area contributed by atoms with E-state index in [2.05, 4.69) is 20.6 Å². The Bertz CT molecular complexity index is 928. The molecule has 0 aliphatic carbocycles.